The molecule has 3 rings (SSSR count). The summed E-state index contributed by atoms with van der Waals surface area (Å²) in [5.74, 6) is -0.290. The summed E-state index contributed by atoms with van der Waals surface area (Å²) in [6.07, 6.45) is 0.823. The van der Waals surface area contributed by atoms with E-state index in [0.717, 1.165) is 28.9 Å². The zero-order valence-electron chi connectivity index (χ0n) is 19.1. The third kappa shape index (κ3) is 5.01. The molecule has 6 nitrogen and oxygen atoms in total. The average molecular weight is 424 g/mol. The number of hydrogen-bond acceptors (Lipinski definition) is 4. The first kappa shape index (κ1) is 22.7. The van der Waals surface area contributed by atoms with E-state index in [9.17, 15) is 9.59 Å². The maximum absolute atomic E-state index is 12.4. The van der Waals surface area contributed by atoms with Crippen LogP contribution in [0.1, 0.15) is 62.1 Å². The Morgan fingerprint density at radius 2 is 1.87 bits per heavy atom. The second-order valence-electron chi connectivity index (χ2n) is 8.56. The summed E-state index contributed by atoms with van der Waals surface area (Å²) in [6, 6.07) is 13.7. The normalized spacial score (nSPS) is 16.6. The molecule has 2 aromatic rings. The van der Waals surface area contributed by atoms with E-state index in [4.69, 9.17) is 4.74 Å². The fourth-order valence-electron chi connectivity index (χ4n) is 4.21. The molecule has 2 amide bonds. The Kier molecular flexibility index (Phi) is 6.88. The van der Waals surface area contributed by atoms with Gasteiger partial charge >= 0.3 is 12.0 Å². The zero-order chi connectivity index (χ0) is 22.6. The van der Waals surface area contributed by atoms with Gasteiger partial charge in [0, 0.05) is 24.5 Å². The number of benzene rings is 2. The maximum Gasteiger partial charge on any atom is 0.338 e. The van der Waals surface area contributed by atoms with Crippen molar-refractivity contribution in [3.8, 4) is 0 Å². The van der Waals surface area contributed by atoms with E-state index in [0.29, 0.717) is 25.3 Å². The highest BCUT2D eigenvalue weighted by atomic mass is 16.5. The average Bonchev–Trinajstić information content (AvgIpc) is 2.73. The number of amides is 2. The van der Waals surface area contributed by atoms with E-state index >= 15 is 0 Å². The van der Waals surface area contributed by atoms with E-state index in [1.54, 1.807) is 11.0 Å². The van der Waals surface area contributed by atoms with Crippen LogP contribution in [-0.2, 0) is 11.2 Å². The minimum atomic E-state index is -0.290. The lowest BCUT2D eigenvalue weighted by atomic mass is 9.72. The quantitative estimate of drug-likeness (QED) is 0.604. The smallest absolute Gasteiger partial charge is 0.338 e. The highest BCUT2D eigenvalue weighted by Gasteiger charge is 2.36. The summed E-state index contributed by atoms with van der Waals surface area (Å²) in [4.78, 5) is 26.3. The minimum absolute atomic E-state index is 0.0683. The van der Waals surface area contributed by atoms with E-state index in [1.165, 1.54) is 0 Å². The number of fused-ring (bicyclic) bond motifs is 1. The van der Waals surface area contributed by atoms with Gasteiger partial charge in [-0.1, -0.05) is 26.0 Å². The Balaban J connectivity index is 1.84. The number of nitrogens with one attached hydrogen (secondary N) is 2. The number of hydrogen-bond donors (Lipinski definition) is 2. The summed E-state index contributed by atoms with van der Waals surface area (Å²) >= 11 is 0. The Labute approximate surface area is 185 Å². The number of anilines is 2. The first-order valence-corrected chi connectivity index (χ1v) is 11.0. The van der Waals surface area contributed by atoms with Gasteiger partial charge in [-0.3, -0.25) is 0 Å². The highest BCUT2D eigenvalue weighted by molar-refractivity contribution is 5.90. The SMILES string of the molecule is CCOC(=O)c1ccc2c(c1)CC(C)(C)C(c1cccc(NC(=O)N(CC)CC)c1)N2. The molecule has 0 spiro atoms. The van der Waals surface area contributed by atoms with Gasteiger partial charge in [0.25, 0.3) is 0 Å². The molecule has 6 heteroatoms. The number of urea groups is 1. The van der Waals surface area contributed by atoms with Crippen LogP contribution in [-0.4, -0.2) is 36.6 Å². The summed E-state index contributed by atoms with van der Waals surface area (Å²) in [5, 5.41) is 6.66. The minimum Gasteiger partial charge on any atom is -0.462 e. The van der Waals surface area contributed by atoms with Crippen LogP contribution in [0, 0.1) is 5.41 Å². The van der Waals surface area contributed by atoms with Gasteiger partial charge in [-0.15, -0.1) is 0 Å². The van der Waals surface area contributed by atoms with Crippen molar-refractivity contribution in [2.75, 3.05) is 30.3 Å². The van der Waals surface area contributed by atoms with E-state index in [2.05, 4.69) is 30.5 Å². The van der Waals surface area contributed by atoms with Crippen molar-refractivity contribution in [2.24, 2.45) is 5.41 Å². The lowest BCUT2D eigenvalue weighted by molar-refractivity contribution is 0.0526. The predicted molar refractivity (Wildman–Crippen MR) is 125 cm³/mol. The van der Waals surface area contributed by atoms with Crippen molar-refractivity contribution in [1.29, 1.82) is 0 Å². The maximum atomic E-state index is 12.4. The van der Waals surface area contributed by atoms with Gasteiger partial charge in [0.2, 0.25) is 0 Å². The van der Waals surface area contributed by atoms with E-state index in [-0.39, 0.29) is 23.5 Å². The van der Waals surface area contributed by atoms with Crippen LogP contribution in [0.15, 0.2) is 42.5 Å². The molecule has 2 N–H and O–H groups in total. The van der Waals surface area contributed by atoms with E-state index in [1.807, 2.05) is 51.1 Å². The zero-order valence-corrected chi connectivity index (χ0v) is 19.1. The number of carbonyl (C=O) groups is 2. The first-order chi connectivity index (χ1) is 14.8. The molecule has 0 aliphatic carbocycles. The summed E-state index contributed by atoms with van der Waals surface area (Å²) < 4.78 is 5.14. The molecule has 1 aliphatic heterocycles. The van der Waals surface area contributed by atoms with E-state index < -0.39 is 0 Å². The number of ether oxygens (including phenoxy) is 1. The van der Waals surface area contributed by atoms with Crippen LogP contribution in [0.4, 0.5) is 16.2 Å². The third-order valence-corrected chi connectivity index (χ3v) is 5.87. The molecule has 0 saturated heterocycles. The summed E-state index contributed by atoms with van der Waals surface area (Å²) in [5.41, 5.74) is 4.52. The molecule has 1 unspecified atom stereocenters. The second-order valence-corrected chi connectivity index (χ2v) is 8.56. The second kappa shape index (κ2) is 9.41. The fraction of sp³-hybridized carbons (Fsp3) is 0.440. The molecular formula is C25H33N3O3. The molecule has 0 radical (unpaired) electrons. The highest BCUT2D eigenvalue weighted by Crippen LogP contribution is 2.45. The predicted octanol–water partition coefficient (Wildman–Crippen LogP) is 5.47. The standard InChI is InChI=1S/C25H33N3O3/c1-6-28(7-2)24(30)26-20-11-9-10-17(15-20)22-25(4,5)16-19-14-18(23(29)31-8-3)12-13-21(19)27-22/h9-15,22,27H,6-8,16H2,1-5H3,(H,26,30). The van der Waals surface area contributed by atoms with Gasteiger partial charge in [-0.05, 0) is 74.1 Å². The van der Waals surface area contributed by atoms with Gasteiger partial charge in [0.05, 0.1) is 18.2 Å². The Morgan fingerprint density at radius 3 is 2.55 bits per heavy atom. The molecule has 31 heavy (non-hydrogen) atoms. The Bertz CT molecular complexity index is 951. The Hall–Kier alpha value is -3.02. The van der Waals surface area contributed by atoms with Crippen LogP contribution in [0.5, 0.6) is 0 Å². The summed E-state index contributed by atoms with van der Waals surface area (Å²) in [7, 11) is 0. The monoisotopic (exact) mass is 423 g/mol. The van der Waals surface area contributed by atoms with Gasteiger partial charge in [0.15, 0.2) is 0 Å². The van der Waals surface area contributed by atoms with Crippen LogP contribution >= 0.6 is 0 Å². The molecule has 2 aromatic carbocycles. The van der Waals surface area contributed by atoms with Crippen molar-refractivity contribution >= 4 is 23.4 Å². The van der Waals surface area contributed by atoms with Crippen molar-refractivity contribution in [3.63, 3.8) is 0 Å². The van der Waals surface area contributed by atoms with Gasteiger partial charge in [-0.2, -0.15) is 0 Å². The van der Waals surface area contributed by atoms with Gasteiger partial charge in [0.1, 0.15) is 0 Å². The molecule has 1 aliphatic rings. The largest absolute Gasteiger partial charge is 0.462 e. The molecule has 1 heterocycles. The van der Waals surface area contributed by atoms with Gasteiger partial charge < -0.3 is 20.3 Å². The Morgan fingerprint density at radius 1 is 1.13 bits per heavy atom. The first-order valence-electron chi connectivity index (χ1n) is 11.0. The van der Waals surface area contributed by atoms with Crippen LogP contribution < -0.4 is 10.6 Å². The molecule has 1 atom stereocenters. The van der Waals surface area contributed by atoms with Crippen molar-refractivity contribution < 1.29 is 14.3 Å². The topological polar surface area (TPSA) is 70.7 Å². The molecule has 0 fully saturated rings. The fourth-order valence-corrected chi connectivity index (χ4v) is 4.21. The van der Waals surface area contributed by atoms with Crippen LogP contribution in [0.2, 0.25) is 0 Å². The van der Waals surface area contributed by atoms with Gasteiger partial charge in [-0.25, -0.2) is 9.59 Å². The number of esters is 1. The van der Waals surface area contributed by atoms with Crippen LogP contribution in [0.25, 0.3) is 0 Å². The van der Waals surface area contributed by atoms with Crippen molar-refractivity contribution in [2.45, 2.75) is 47.1 Å². The number of carbonyl (C=O) groups excluding carboxylic acids is 2. The molecule has 166 valence electrons. The summed E-state index contributed by atoms with van der Waals surface area (Å²) in [6.45, 7) is 11.9. The molecular weight excluding hydrogens is 390 g/mol. The molecule has 0 saturated carbocycles. The van der Waals surface area contributed by atoms with Crippen LogP contribution in [0.3, 0.4) is 0 Å². The lowest BCUT2D eigenvalue weighted by Crippen LogP contribution is -2.36. The van der Waals surface area contributed by atoms with Crippen molar-refractivity contribution in [1.82, 2.24) is 4.90 Å². The molecule has 0 aromatic heterocycles. The lowest BCUT2D eigenvalue weighted by Gasteiger charge is -2.41. The third-order valence-electron chi connectivity index (χ3n) is 5.87. The van der Waals surface area contributed by atoms with Crippen molar-refractivity contribution in [3.05, 3.63) is 59.2 Å². The molecule has 0 bridgehead atoms. The number of nitrogens with zero attached hydrogens (tertiary/aromatic N) is 1. The number of rotatable bonds is 6.